The maximum absolute atomic E-state index is 12.2. The zero-order valence-corrected chi connectivity index (χ0v) is 14.3. The smallest absolute Gasteiger partial charge is 0.411 e. The molecule has 0 spiro atoms. The van der Waals surface area contributed by atoms with Crippen molar-refractivity contribution >= 4 is 5.91 Å². The van der Waals surface area contributed by atoms with Gasteiger partial charge in [-0.3, -0.25) is 4.79 Å². The molecule has 4 nitrogen and oxygen atoms in total. The van der Waals surface area contributed by atoms with Crippen molar-refractivity contribution in [2.75, 3.05) is 20.3 Å². The molecule has 0 saturated carbocycles. The molecule has 2 rings (SSSR count). The molecule has 0 saturated heterocycles. The maximum Gasteiger partial charge on any atom is 0.411 e. The van der Waals surface area contributed by atoms with Crippen LogP contribution >= 0.6 is 0 Å². The third-order valence-corrected chi connectivity index (χ3v) is 3.63. The molecule has 0 fully saturated rings. The van der Waals surface area contributed by atoms with Gasteiger partial charge in [0.15, 0.2) is 0 Å². The molecule has 0 aliphatic heterocycles. The van der Waals surface area contributed by atoms with Gasteiger partial charge in [0.25, 0.3) is 0 Å². The highest BCUT2D eigenvalue weighted by atomic mass is 19.4. The molecule has 7 heteroatoms. The Hall–Kier alpha value is -2.54. The zero-order valence-electron chi connectivity index (χ0n) is 14.3. The van der Waals surface area contributed by atoms with Crippen LogP contribution in [0.15, 0.2) is 54.6 Å². The summed E-state index contributed by atoms with van der Waals surface area (Å²) >= 11 is 0. The van der Waals surface area contributed by atoms with Crippen LogP contribution in [-0.4, -0.2) is 32.4 Å². The van der Waals surface area contributed by atoms with E-state index in [0.717, 1.165) is 11.1 Å². The molecule has 1 atom stereocenters. The number of benzene rings is 2. The molecule has 26 heavy (non-hydrogen) atoms. The summed E-state index contributed by atoms with van der Waals surface area (Å²) < 4.78 is 45.8. The molecule has 2 aromatic carbocycles. The predicted octanol–water partition coefficient (Wildman–Crippen LogP) is 3.87. The summed E-state index contributed by atoms with van der Waals surface area (Å²) in [5.41, 5.74) is 1.70. The number of halogens is 3. The van der Waals surface area contributed by atoms with Gasteiger partial charge in [-0.25, -0.2) is 0 Å². The summed E-state index contributed by atoms with van der Waals surface area (Å²) in [4.78, 5) is 12.2. The molecule has 1 amide bonds. The Morgan fingerprint density at radius 1 is 1.04 bits per heavy atom. The van der Waals surface area contributed by atoms with E-state index < -0.39 is 24.7 Å². The first-order chi connectivity index (χ1) is 12.4. The van der Waals surface area contributed by atoms with Crippen LogP contribution in [0.3, 0.4) is 0 Å². The molecular formula is C19H20F3NO3. The third kappa shape index (κ3) is 6.40. The number of hydrogen-bond acceptors (Lipinski definition) is 3. The minimum absolute atomic E-state index is 0.157. The number of nitrogens with one attached hydrogen (secondary N) is 1. The Labute approximate surface area is 149 Å². The van der Waals surface area contributed by atoms with Gasteiger partial charge in [-0.05, 0) is 23.3 Å². The number of amides is 1. The van der Waals surface area contributed by atoms with Gasteiger partial charge in [-0.15, -0.1) is 0 Å². The topological polar surface area (TPSA) is 47.6 Å². The van der Waals surface area contributed by atoms with Crippen molar-refractivity contribution in [3.63, 3.8) is 0 Å². The Bertz CT molecular complexity index is 687. The van der Waals surface area contributed by atoms with Gasteiger partial charge in [0, 0.05) is 6.42 Å². The highest BCUT2D eigenvalue weighted by molar-refractivity contribution is 5.77. The molecular weight excluding hydrogens is 347 g/mol. The van der Waals surface area contributed by atoms with Crippen LogP contribution in [0, 0.1) is 0 Å². The van der Waals surface area contributed by atoms with Crippen LogP contribution in [-0.2, 0) is 9.53 Å². The monoisotopic (exact) mass is 367 g/mol. The van der Waals surface area contributed by atoms with Crippen molar-refractivity contribution in [1.82, 2.24) is 5.32 Å². The van der Waals surface area contributed by atoms with E-state index in [-0.39, 0.29) is 13.0 Å². The lowest BCUT2D eigenvalue weighted by Gasteiger charge is -2.20. The first-order valence-electron chi connectivity index (χ1n) is 8.02. The molecule has 0 aliphatic carbocycles. The summed E-state index contributed by atoms with van der Waals surface area (Å²) in [6, 6.07) is 16.1. The summed E-state index contributed by atoms with van der Waals surface area (Å²) in [5, 5.41) is 2.84. The van der Waals surface area contributed by atoms with Gasteiger partial charge in [0.2, 0.25) is 5.91 Å². The highest BCUT2D eigenvalue weighted by Crippen LogP contribution is 2.24. The first kappa shape index (κ1) is 19.8. The van der Waals surface area contributed by atoms with Crippen molar-refractivity contribution < 1.29 is 27.4 Å². The summed E-state index contributed by atoms with van der Waals surface area (Å²) in [6.07, 6.45) is -4.55. The van der Waals surface area contributed by atoms with E-state index in [1.54, 1.807) is 19.2 Å². The van der Waals surface area contributed by atoms with E-state index >= 15 is 0 Å². The minimum Gasteiger partial charge on any atom is -0.497 e. The van der Waals surface area contributed by atoms with Crippen molar-refractivity contribution in [2.24, 2.45) is 0 Å². The van der Waals surface area contributed by atoms with E-state index in [1.165, 1.54) is 0 Å². The highest BCUT2D eigenvalue weighted by Gasteiger charge is 2.27. The van der Waals surface area contributed by atoms with Crippen LogP contribution < -0.4 is 10.1 Å². The maximum atomic E-state index is 12.2. The second-order valence-electron chi connectivity index (χ2n) is 5.60. The number of carbonyl (C=O) groups excluding carboxylic acids is 1. The number of ether oxygens (including phenoxy) is 2. The Morgan fingerprint density at radius 3 is 2.23 bits per heavy atom. The van der Waals surface area contributed by atoms with Gasteiger partial charge in [0.05, 0.1) is 19.8 Å². The Morgan fingerprint density at radius 2 is 1.65 bits per heavy atom. The van der Waals surface area contributed by atoms with Crippen molar-refractivity contribution in [3.05, 3.63) is 65.7 Å². The second-order valence-corrected chi connectivity index (χ2v) is 5.60. The van der Waals surface area contributed by atoms with Crippen LogP contribution in [0.2, 0.25) is 0 Å². The number of rotatable bonds is 8. The summed E-state index contributed by atoms with van der Waals surface area (Å²) in [5.74, 6) is 0.296. The molecule has 0 bridgehead atoms. The average molecular weight is 367 g/mol. The lowest BCUT2D eigenvalue weighted by Crippen LogP contribution is -2.30. The standard InChI is InChI=1S/C19H20F3NO3/c1-25-16-9-7-15(8-10-16)18(14-5-3-2-4-6-14)23-17(24)11-12-26-13-19(20,21)22/h2-10,18H,11-13H2,1H3,(H,23,24). The largest absolute Gasteiger partial charge is 0.497 e. The van der Waals surface area contributed by atoms with E-state index in [0.29, 0.717) is 5.75 Å². The average Bonchev–Trinajstić information content (AvgIpc) is 2.63. The van der Waals surface area contributed by atoms with Crippen LogP contribution in [0.5, 0.6) is 5.75 Å². The second kappa shape index (κ2) is 9.24. The number of alkyl halides is 3. The normalized spacial score (nSPS) is 12.5. The first-order valence-corrected chi connectivity index (χ1v) is 8.02. The van der Waals surface area contributed by atoms with Crippen LogP contribution in [0.1, 0.15) is 23.6 Å². The summed E-state index contributed by atoms with van der Waals surface area (Å²) in [7, 11) is 1.56. The fourth-order valence-corrected chi connectivity index (χ4v) is 2.39. The molecule has 0 aliphatic rings. The zero-order chi connectivity index (χ0) is 19.0. The quantitative estimate of drug-likeness (QED) is 0.721. The lowest BCUT2D eigenvalue weighted by molar-refractivity contribution is -0.174. The third-order valence-electron chi connectivity index (χ3n) is 3.63. The van der Waals surface area contributed by atoms with Gasteiger partial charge >= 0.3 is 6.18 Å². The Balaban J connectivity index is 2.03. The van der Waals surface area contributed by atoms with E-state index in [1.807, 2.05) is 42.5 Å². The van der Waals surface area contributed by atoms with Crippen molar-refractivity contribution in [3.8, 4) is 5.75 Å². The molecule has 140 valence electrons. The molecule has 0 aromatic heterocycles. The molecule has 0 radical (unpaired) electrons. The Kier molecular flexibility index (Phi) is 7.03. The lowest BCUT2D eigenvalue weighted by atomic mass is 9.98. The molecule has 1 unspecified atom stereocenters. The number of methoxy groups -OCH3 is 1. The SMILES string of the molecule is COc1ccc(C(NC(=O)CCOCC(F)(F)F)c2ccccc2)cc1. The number of carbonyl (C=O) groups is 1. The van der Waals surface area contributed by atoms with E-state index in [9.17, 15) is 18.0 Å². The van der Waals surface area contributed by atoms with E-state index in [4.69, 9.17) is 4.74 Å². The number of hydrogen-bond donors (Lipinski definition) is 1. The van der Waals surface area contributed by atoms with Crippen LogP contribution in [0.4, 0.5) is 13.2 Å². The predicted molar refractivity (Wildman–Crippen MR) is 90.9 cm³/mol. The van der Waals surface area contributed by atoms with Gasteiger partial charge in [-0.1, -0.05) is 42.5 Å². The van der Waals surface area contributed by atoms with Crippen molar-refractivity contribution in [2.45, 2.75) is 18.6 Å². The van der Waals surface area contributed by atoms with Gasteiger partial charge in [-0.2, -0.15) is 13.2 Å². The molecule has 2 aromatic rings. The summed E-state index contributed by atoms with van der Waals surface area (Å²) in [6.45, 7) is -1.66. The van der Waals surface area contributed by atoms with Gasteiger partial charge < -0.3 is 14.8 Å². The fourth-order valence-electron chi connectivity index (χ4n) is 2.39. The molecule has 1 N–H and O–H groups in total. The van der Waals surface area contributed by atoms with E-state index in [2.05, 4.69) is 10.1 Å². The molecule has 0 heterocycles. The minimum atomic E-state index is -4.40. The van der Waals surface area contributed by atoms with Crippen LogP contribution in [0.25, 0.3) is 0 Å². The van der Waals surface area contributed by atoms with Gasteiger partial charge in [0.1, 0.15) is 12.4 Å². The van der Waals surface area contributed by atoms with Crippen molar-refractivity contribution in [1.29, 1.82) is 0 Å². The fraction of sp³-hybridized carbons (Fsp3) is 0.316.